The molecule has 5 nitrogen and oxygen atoms in total. The number of aliphatic carboxylic acids is 1. The normalized spacial score (nSPS) is 16.5. The van der Waals surface area contributed by atoms with Crippen LogP contribution in [0, 0.1) is 0 Å². The Bertz CT molecular complexity index is 583. The molecule has 0 bridgehead atoms. The Morgan fingerprint density at radius 1 is 1.53 bits per heavy atom. The molecule has 0 radical (unpaired) electrons. The van der Waals surface area contributed by atoms with Gasteiger partial charge in [-0.2, -0.15) is 0 Å². The van der Waals surface area contributed by atoms with Gasteiger partial charge in [0, 0.05) is 0 Å². The van der Waals surface area contributed by atoms with Gasteiger partial charge in [-0.25, -0.2) is 0 Å². The number of hydrogen-bond acceptors (Lipinski definition) is 6. The first-order valence-corrected chi connectivity index (χ1v) is 6.44. The second kappa shape index (κ2) is 5.85. The average Bonchev–Trinajstić information content (AvgIpc) is 2.66. The smallest absolute Gasteiger partial charge is 0.263 e. The number of hydrogen-bond donors (Lipinski definition) is 1. The lowest BCUT2D eigenvalue weighted by Gasteiger charge is -2.07. The highest BCUT2D eigenvalue weighted by Crippen LogP contribution is 2.26. The summed E-state index contributed by atoms with van der Waals surface area (Å²) in [5.41, 5.74) is 0.721. The van der Waals surface area contributed by atoms with E-state index in [1.54, 1.807) is 30.3 Å². The van der Waals surface area contributed by atoms with E-state index in [0.717, 1.165) is 5.56 Å². The zero-order valence-corrected chi connectivity index (χ0v) is 11.2. The molecule has 7 heteroatoms. The van der Waals surface area contributed by atoms with Crippen molar-refractivity contribution in [1.29, 1.82) is 0 Å². The molecule has 98 valence electrons. The van der Waals surface area contributed by atoms with Crippen LogP contribution >= 0.6 is 24.0 Å². The largest absolute Gasteiger partial charge is 0.546 e. The summed E-state index contributed by atoms with van der Waals surface area (Å²) in [5, 5.41) is 12.8. The zero-order chi connectivity index (χ0) is 13.8. The molecule has 1 amide bonds. The molecule has 0 unspecified atom stereocenters. The molecule has 1 aliphatic rings. The molecule has 1 aliphatic heterocycles. The van der Waals surface area contributed by atoms with Crippen molar-refractivity contribution in [3.05, 3.63) is 34.7 Å². The Balaban J connectivity index is 2.15. The number of carbonyl (C=O) groups is 2. The van der Waals surface area contributed by atoms with Crippen molar-refractivity contribution in [3.63, 3.8) is 0 Å². The van der Waals surface area contributed by atoms with Gasteiger partial charge in [0.15, 0.2) is 0 Å². The number of benzene rings is 1. The molecule has 1 saturated heterocycles. The van der Waals surface area contributed by atoms with Crippen LogP contribution in [0.1, 0.15) is 5.56 Å². The molecule has 0 aliphatic carbocycles. The highest BCUT2D eigenvalue weighted by atomic mass is 32.2. The van der Waals surface area contributed by atoms with Crippen LogP contribution in [0.25, 0.3) is 6.08 Å². The van der Waals surface area contributed by atoms with Crippen LogP contribution in [-0.2, 0) is 9.59 Å². The molecule has 1 fully saturated rings. The number of rotatable bonds is 4. The van der Waals surface area contributed by atoms with E-state index in [4.69, 9.17) is 17.0 Å². The SMILES string of the molecule is O=C([O-])COc1cccc(/C=C2\SC(=S)NC2=O)c1. The number of ether oxygens (including phenoxy) is 1. The third kappa shape index (κ3) is 3.80. The zero-order valence-electron chi connectivity index (χ0n) is 9.54. The van der Waals surface area contributed by atoms with Crippen LogP contribution < -0.4 is 15.2 Å². The minimum absolute atomic E-state index is 0.240. The maximum Gasteiger partial charge on any atom is 0.263 e. The topological polar surface area (TPSA) is 78.5 Å². The van der Waals surface area contributed by atoms with Crippen molar-refractivity contribution in [2.75, 3.05) is 6.61 Å². The van der Waals surface area contributed by atoms with Gasteiger partial charge in [0.1, 0.15) is 16.7 Å². The maximum atomic E-state index is 11.5. The van der Waals surface area contributed by atoms with Crippen LogP contribution in [-0.4, -0.2) is 22.8 Å². The number of nitrogens with one attached hydrogen (secondary N) is 1. The van der Waals surface area contributed by atoms with Crippen LogP contribution in [0.5, 0.6) is 5.75 Å². The summed E-state index contributed by atoms with van der Waals surface area (Å²) < 4.78 is 5.41. The molecule has 1 aromatic carbocycles. The standard InChI is InChI=1S/C12H9NO4S2/c14-10(15)6-17-8-3-1-2-7(4-8)5-9-11(16)13-12(18)19-9/h1-5H,6H2,(H,14,15)(H,13,16,18)/p-1/b9-5-. The fourth-order valence-corrected chi connectivity index (χ4v) is 2.45. The van der Waals surface area contributed by atoms with E-state index in [9.17, 15) is 14.7 Å². The molecule has 1 heterocycles. The molecule has 0 atom stereocenters. The number of carboxylic acid groups (broad SMARTS) is 1. The van der Waals surface area contributed by atoms with E-state index in [0.29, 0.717) is 15.0 Å². The third-order valence-electron chi connectivity index (χ3n) is 2.15. The van der Waals surface area contributed by atoms with E-state index < -0.39 is 12.6 Å². The highest BCUT2D eigenvalue weighted by molar-refractivity contribution is 8.26. The van der Waals surface area contributed by atoms with Gasteiger partial charge >= 0.3 is 0 Å². The lowest BCUT2D eigenvalue weighted by atomic mass is 10.2. The average molecular weight is 294 g/mol. The quantitative estimate of drug-likeness (QED) is 0.636. The molecule has 0 aromatic heterocycles. The van der Waals surface area contributed by atoms with Crippen LogP contribution in [0.2, 0.25) is 0 Å². The van der Waals surface area contributed by atoms with Gasteiger partial charge in [-0.1, -0.05) is 36.1 Å². The number of amides is 1. The summed E-state index contributed by atoms with van der Waals surface area (Å²) in [7, 11) is 0. The van der Waals surface area contributed by atoms with Gasteiger partial charge in [0.2, 0.25) is 0 Å². The van der Waals surface area contributed by atoms with E-state index in [1.165, 1.54) is 11.8 Å². The molecule has 19 heavy (non-hydrogen) atoms. The minimum Gasteiger partial charge on any atom is -0.546 e. The van der Waals surface area contributed by atoms with Crippen LogP contribution in [0.3, 0.4) is 0 Å². The Hall–Kier alpha value is -1.86. The summed E-state index contributed by atoms with van der Waals surface area (Å²) in [6.07, 6.45) is 1.66. The van der Waals surface area contributed by atoms with E-state index in [2.05, 4.69) is 5.32 Å². The summed E-state index contributed by atoms with van der Waals surface area (Å²) in [6.45, 7) is -0.515. The fraction of sp³-hybridized carbons (Fsp3) is 0.0833. The molecule has 0 saturated carbocycles. The highest BCUT2D eigenvalue weighted by Gasteiger charge is 2.21. The van der Waals surface area contributed by atoms with Crippen LogP contribution in [0.4, 0.5) is 0 Å². The predicted molar refractivity (Wildman–Crippen MR) is 73.3 cm³/mol. The van der Waals surface area contributed by atoms with Gasteiger partial charge in [-0.05, 0) is 23.8 Å². The molecule has 2 rings (SSSR count). The van der Waals surface area contributed by atoms with E-state index >= 15 is 0 Å². The maximum absolute atomic E-state index is 11.5. The Labute approximate surface area is 118 Å². The minimum atomic E-state index is -1.29. The molecule has 1 N–H and O–H groups in total. The summed E-state index contributed by atoms with van der Waals surface area (Å²) >= 11 is 6.06. The number of carbonyl (C=O) groups excluding carboxylic acids is 2. The van der Waals surface area contributed by atoms with Crippen molar-refractivity contribution in [1.82, 2.24) is 5.32 Å². The second-order valence-electron chi connectivity index (χ2n) is 3.59. The number of carboxylic acids is 1. The molecular formula is C12H8NO4S2-. The number of thiocarbonyl (C=S) groups is 1. The lowest BCUT2D eigenvalue weighted by molar-refractivity contribution is -0.307. The fourth-order valence-electron chi connectivity index (χ4n) is 1.41. The summed E-state index contributed by atoms with van der Waals surface area (Å²) in [5.74, 6) is -1.14. The Kier molecular flexibility index (Phi) is 4.18. The third-order valence-corrected chi connectivity index (χ3v) is 3.32. The van der Waals surface area contributed by atoms with E-state index in [1.807, 2.05) is 0 Å². The van der Waals surface area contributed by atoms with Gasteiger partial charge in [0.25, 0.3) is 5.91 Å². The molecule has 0 spiro atoms. The second-order valence-corrected chi connectivity index (χ2v) is 5.30. The number of thioether (sulfide) groups is 1. The first-order valence-electron chi connectivity index (χ1n) is 5.22. The monoisotopic (exact) mass is 294 g/mol. The van der Waals surface area contributed by atoms with Crippen molar-refractivity contribution in [2.24, 2.45) is 0 Å². The van der Waals surface area contributed by atoms with Gasteiger partial charge < -0.3 is 20.0 Å². The summed E-state index contributed by atoms with van der Waals surface area (Å²) in [4.78, 5) is 22.3. The summed E-state index contributed by atoms with van der Waals surface area (Å²) in [6, 6.07) is 6.73. The van der Waals surface area contributed by atoms with Gasteiger partial charge in [0.05, 0.1) is 10.9 Å². The predicted octanol–water partition coefficient (Wildman–Crippen LogP) is 0.304. The lowest BCUT2D eigenvalue weighted by Crippen LogP contribution is -2.28. The molecular weight excluding hydrogens is 286 g/mol. The van der Waals surface area contributed by atoms with Crippen molar-refractivity contribution >= 4 is 46.3 Å². The van der Waals surface area contributed by atoms with Crippen molar-refractivity contribution in [2.45, 2.75) is 0 Å². The Morgan fingerprint density at radius 2 is 2.32 bits per heavy atom. The Morgan fingerprint density at radius 3 is 2.95 bits per heavy atom. The van der Waals surface area contributed by atoms with Crippen molar-refractivity contribution in [3.8, 4) is 5.75 Å². The van der Waals surface area contributed by atoms with Crippen molar-refractivity contribution < 1.29 is 19.4 Å². The van der Waals surface area contributed by atoms with Gasteiger partial charge in [-0.15, -0.1) is 0 Å². The van der Waals surface area contributed by atoms with Crippen LogP contribution in [0.15, 0.2) is 29.2 Å². The van der Waals surface area contributed by atoms with E-state index in [-0.39, 0.29) is 5.91 Å². The molecule has 1 aromatic rings. The first kappa shape index (κ1) is 13.6. The van der Waals surface area contributed by atoms with Gasteiger partial charge in [-0.3, -0.25) is 4.79 Å². The first-order chi connectivity index (χ1) is 9.04.